The van der Waals surface area contributed by atoms with Crippen LogP contribution < -0.4 is 26.4 Å². The molecule has 0 bridgehead atoms. The Morgan fingerprint density at radius 3 is 2.71 bits per heavy atom. The highest BCUT2D eigenvalue weighted by Crippen LogP contribution is 2.29. The normalized spacial score (nSPS) is 18.4. The van der Waals surface area contributed by atoms with Gasteiger partial charge in [0, 0.05) is 18.4 Å². The van der Waals surface area contributed by atoms with E-state index in [1.54, 1.807) is 12.4 Å². The number of hydrogen-bond acceptors (Lipinski definition) is 6. The maximum absolute atomic E-state index is 15.4. The van der Waals surface area contributed by atoms with Gasteiger partial charge in [-0.15, -0.1) is 0 Å². The van der Waals surface area contributed by atoms with Crippen LogP contribution in [0.1, 0.15) is 55.6 Å². The van der Waals surface area contributed by atoms with Gasteiger partial charge in [0.05, 0.1) is 28.4 Å². The Labute approximate surface area is 210 Å². The topological polar surface area (TPSA) is 115 Å². The van der Waals surface area contributed by atoms with E-state index in [1.807, 2.05) is 31.7 Å². The summed E-state index contributed by atoms with van der Waals surface area (Å²) in [6.07, 6.45) is 5.16. The number of hydrogen-bond donors (Lipinski definition) is 3. The average molecular weight is 519 g/mol. The summed E-state index contributed by atoms with van der Waals surface area (Å²) < 4.78 is 23.3. The van der Waals surface area contributed by atoms with Gasteiger partial charge < -0.3 is 25.3 Å². The van der Waals surface area contributed by atoms with E-state index in [2.05, 4.69) is 10.3 Å². The van der Waals surface area contributed by atoms with Crippen LogP contribution >= 0.6 is 11.6 Å². The fraction of sp³-hybridized carbons (Fsp3) is 0.458. The van der Waals surface area contributed by atoms with E-state index in [1.165, 1.54) is 6.07 Å². The number of nitrogens with zero attached hydrogens (tertiary/aromatic N) is 3. The molecular weight excluding hydrogens is 489 g/mol. The average Bonchev–Trinajstić information content (AvgIpc) is 3.14. The molecule has 1 radical (unpaired) electrons. The van der Waals surface area contributed by atoms with Crippen LogP contribution in [0.4, 0.5) is 10.2 Å². The van der Waals surface area contributed by atoms with E-state index in [4.69, 9.17) is 27.1 Å². The molecule has 1 aliphatic carbocycles. The molecule has 1 fully saturated rings. The molecule has 2 heterocycles. The van der Waals surface area contributed by atoms with Crippen molar-refractivity contribution in [1.82, 2.24) is 19.7 Å². The second-order valence-corrected chi connectivity index (χ2v) is 11.9. The summed E-state index contributed by atoms with van der Waals surface area (Å²) in [5, 5.41) is 13.2. The quantitative estimate of drug-likeness (QED) is 0.432. The van der Waals surface area contributed by atoms with E-state index in [9.17, 15) is 9.90 Å². The van der Waals surface area contributed by atoms with Gasteiger partial charge in [-0.2, -0.15) is 0 Å². The van der Waals surface area contributed by atoms with Crippen molar-refractivity contribution in [2.24, 2.45) is 0 Å². The highest BCUT2D eigenvalue weighted by molar-refractivity contribution is 6.84. The minimum atomic E-state index is -1.69. The van der Waals surface area contributed by atoms with Crippen LogP contribution in [0.5, 0.6) is 5.75 Å². The molecular formula is C24H30ClFN5O3Si. The van der Waals surface area contributed by atoms with Crippen molar-refractivity contribution >= 4 is 48.3 Å². The first-order valence-electron chi connectivity index (χ1n) is 11.7. The Bertz CT molecular complexity index is 1260. The summed E-state index contributed by atoms with van der Waals surface area (Å²) in [7, 11) is -1.69. The van der Waals surface area contributed by atoms with Gasteiger partial charge in [-0.05, 0) is 57.7 Å². The van der Waals surface area contributed by atoms with Gasteiger partial charge in [0.15, 0.2) is 14.6 Å². The minimum absolute atomic E-state index is 0.150. The number of aromatic nitrogens is 3. The van der Waals surface area contributed by atoms with Crippen LogP contribution in [0.2, 0.25) is 11.6 Å². The number of anilines is 1. The monoisotopic (exact) mass is 518 g/mol. The number of nitrogens with two attached hydrogens (primary N) is 1. The van der Waals surface area contributed by atoms with Crippen LogP contribution in [0.25, 0.3) is 5.52 Å². The zero-order valence-corrected chi connectivity index (χ0v) is 22.0. The number of halogens is 2. The molecule has 0 spiro atoms. The molecule has 0 atom stereocenters. The fourth-order valence-corrected chi connectivity index (χ4v) is 6.86. The smallest absolute Gasteiger partial charge is 0.258 e. The molecule has 2 aromatic heterocycles. The number of rotatable bonds is 6. The van der Waals surface area contributed by atoms with Crippen LogP contribution in [0.15, 0.2) is 18.5 Å². The number of aryl methyl sites for hydroxylation is 1. The Morgan fingerprint density at radius 1 is 1.37 bits per heavy atom. The number of aliphatic hydroxyl groups excluding tert-OH is 1. The van der Waals surface area contributed by atoms with Crippen molar-refractivity contribution in [3.63, 3.8) is 0 Å². The summed E-state index contributed by atoms with van der Waals surface area (Å²) in [6, 6.07) is 1.39. The molecule has 1 aromatic carbocycles. The van der Waals surface area contributed by atoms with Gasteiger partial charge in [0.25, 0.3) is 5.91 Å². The molecule has 11 heteroatoms. The molecule has 35 heavy (non-hydrogen) atoms. The second-order valence-electron chi connectivity index (χ2n) is 9.25. The number of carbonyl (C=O) groups is 1. The molecule has 4 rings (SSSR count). The van der Waals surface area contributed by atoms with E-state index >= 15 is 4.39 Å². The van der Waals surface area contributed by atoms with Crippen molar-refractivity contribution in [2.75, 3.05) is 5.73 Å². The number of fused-ring (bicyclic) bond motifs is 1. The summed E-state index contributed by atoms with van der Waals surface area (Å²) in [4.78, 5) is 22.3. The highest BCUT2D eigenvalue weighted by atomic mass is 35.5. The zero-order chi connectivity index (χ0) is 25.4. The third-order valence-corrected chi connectivity index (χ3v) is 8.76. The molecule has 3 aromatic rings. The first-order chi connectivity index (χ1) is 16.6. The number of aliphatic hydroxyl groups is 1. The summed E-state index contributed by atoms with van der Waals surface area (Å²) in [5.41, 5.74) is 8.06. The van der Waals surface area contributed by atoms with Crippen molar-refractivity contribution in [3.05, 3.63) is 40.6 Å². The van der Waals surface area contributed by atoms with Crippen LogP contribution in [0, 0.1) is 12.7 Å². The van der Waals surface area contributed by atoms with Gasteiger partial charge >= 0.3 is 0 Å². The first kappa shape index (κ1) is 25.4. The Kier molecular flexibility index (Phi) is 7.34. The van der Waals surface area contributed by atoms with E-state index in [0.29, 0.717) is 42.2 Å². The molecule has 0 aliphatic heterocycles. The molecule has 187 valence electrons. The molecule has 0 saturated heterocycles. The number of nitrogens with one attached hydrogen (secondary N) is 1. The Hall–Kier alpha value is -2.69. The largest absolute Gasteiger partial charge is 0.490 e. The van der Waals surface area contributed by atoms with Crippen LogP contribution in [-0.2, 0) is 0 Å². The third kappa shape index (κ3) is 5.00. The van der Waals surface area contributed by atoms with Crippen molar-refractivity contribution in [2.45, 2.75) is 71.3 Å². The number of nitrogen functional groups attached to an aromatic ring is 1. The Balaban J connectivity index is 1.81. The molecule has 8 nitrogen and oxygen atoms in total. The molecule has 4 N–H and O–H groups in total. The van der Waals surface area contributed by atoms with Crippen molar-refractivity contribution in [1.29, 1.82) is 0 Å². The lowest BCUT2D eigenvalue weighted by molar-refractivity contribution is 0.0858. The highest BCUT2D eigenvalue weighted by Gasteiger charge is 2.32. The third-order valence-electron chi connectivity index (χ3n) is 6.28. The maximum atomic E-state index is 15.4. The number of carbonyl (C=O) groups excluding carboxylic acids is 1. The number of imidazole rings is 1. The van der Waals surface area contributed by atoms with Crippen LogP contribution in [-0.4, -0.2) is 52.4 Å². The van der Waals surface area contributed by atoms with Gasteiger partial charge in [0.2, 0.25) is 0 Å². The van der Waals surface area contributed by atoms with Crippen LogP contribution in [0.3, 0.4) is 0 Å². The maximum Gasteiger partial charge on any atom is 0.258 e. The molecule has 1 amide bonds. The summed E-state index contributed by atoms with van der Waals surface area (Å²) in [5.74, 6) is -0.836. The zero-order valence-electron chi connectivity index (χ0n) is 20.2. The molecule has 1 aliphatic rings. The fourth-order valence-electron chi connectivity index (χ4n) is 4.55. The lowest BCUT2D eigenvalue weighted by Gasteiger charge is -2.27. The lowest BCUT2D eigenvalue weighted by atomic mass is 9.93. The SMILES string of the molecule is Cc1nc([Si](C)c2cc(Cl)c(F)c(C(=O)NC3CCC(O)CC3)c2OC(C)C)n2ccnc(N)c12. The lowest BCUT2D eigenvalue weighted by Crippen LogP contribution is -2.46. The minimum Gasteiger partial charge on any atom is -0.490 e. The standard InChI is InChI=1S/C24H30ClFN5O3Si/c1-12(2)34-21-17(35(4)24-29-13(3)20-22(27)28-9-10-31(20)24)11-16(25)19(26)18(21)23(33)30-14-5-7-15(32)8-6-14/h9-12,14-15,32H,5-8H2,1-4H3,(H2,27,28)(H,30,33). The number of amides is 1. The van der Waals surface area contributed by atoms with Gasteiger partial charge in [-0.3, -0.25) is 4.79 Å². The first-order valence-corrected chi connectivity index (χ1v) is 14.1. The van der Waals surface area contributed by atoms with Crippen molar-refractivity contribution in [3.8, 4) is 5.75 Å². The van der Waals surface area contributed by atoms with E-state index < -0.39 is 20.5 Å². The number of ether oxygens (including phenoxy) is 1. The second kappa shape index (κ2) is 10.1. The van der Waals surface area contributed by atoms with Gasteiger partial charge in [-0.25, -0.2) is 14.4 Å². The van der Waals surface area contributed by atoms with E-state index in [-0.39, 0.29) is 34.6 Å². The Morgan fingerprint density at radius 2 is 2.06 bits per heavy atom. The summed E-state index contributed by atoms with van der Waals surface area (Å²) in [6.45, 7) is 7.50. The molecule has 1 saturated carbocycles. The summed E-state index contributed by atoms with van der Waals surface area (Å²) >= 11 is 6.33. The van der Waals surface area contributed by atoms with Crippen molar-refractivity contribution < 1.29 is 19.0 Å². The van der Waals surface area contributed by atoms with Gasteiger partial charge in [-0.1, -0.05) is 18.1 Å². The predicted molar refractivity (Wildman–Crippen MR) is 136 cm³/mol. The van der Waals surface area contributed by atoms with E-state index in [0.717, 1.165) is 11.1 Å². The van der Waals surface area contributed by atoms with Gasteiger partial charge in [0.1, 0.15) is 22.6 Å². The molecule has 0 unspecified atom stereocenters. The number of benzene rings is 1. The predicted octanol–water partition coefficient (Wildman–Crippen LogP) is 2.47.